The fraction of sp³-hybridized carbons (Fsp3) is 0.174. The van der Waals surface area contributed by atoms with Gasteiger partial charge in [-0.1, -0.05) is 23.2 Å². The number of rotatable bonds is 7. The molecule has 0 unspecified atom stereocenters. The molecule has 0 aliphatic carbocycles. The van der Waals surface area contributed by atoms with Crippen molar-refractivity contribution in [2.75, 3.05) is 29.7 Å². The molecule has 4 rings (SSSR count). The van der Waals surface area contributed by atoms with Crippen LogP contribution >= 0.6 is 23.2 Å². The molecule has 1 aliphatic rings. The van der Waals surface area contributed by atoms with Gasteiger partial charge in [-0.2, -0.15) is 0 Å². The second-order valence-electron chi connectivity index (χ2n) is 7.46. The van der Waals surface area contributed by atoms with Gasteiger partial charge in [-0.05, 0) is 48.5 Å². The molecule has 0 radical (unpaired) electrons. The monoisotopic (exact) mass is 522 g/mol. The predicted octanol–water partition coefficient (Wildman–Crippen LogP) is 4.95. The Morgan fingerprint density at radius 1 is 1.06 bits per heavy atom. The Morgan fingerprint density at radius 3 is 2.59 bits per heavy atom. The van der Waals surface area contributed by atoms with Crippen molar-refractivity contribution < 1.29 is 27.4 Å². The first-order valence-corrected chi connectivity index (χ1v) is 12.6. The van der Waals surface area contributed by atoms with Gasteiger partial charge in [-0.25, -0.2) is 8.42 Å². The van der Waals surface area contributed by atoms with Crippen LogP contribution in [0.5, 0.6) is 17.2 Å². The van der Waals surface area contributed by atoms with Crippen LogP contribution in [0, 0.1) is 0 Å². The third-order valence-corrected chi connectivity index (χ3v) is 6.88. The molecule has 1 N–H and O–H groups in total. The number of nitrogens with one attached hydrogen (secondary N) is 1. The molecule has 0 spiro atoms. The van der Waals surface area contributed by atoms with Crippen LogP contribution in [0.2, 0.25) is 10.0 Å². The number of halogens is 2. The Labute approximate surface area is 207 Å². The number of carbonyl (C=O) groups excluding carboxylic acids is 1. The van der Waals surface area contributed by atoms with E-state index in [0.29, 0.717) is 44.0 Å². The van der Waals surface area contributed by atoms with Crippen LogP contribution in [0.3, 0.4) is 0 Å². The highest BCUT2D eigenvalue weighted by Crippen LogP contribution is 2.35. The number of sulfonamides is 1. The minimum Gasteiger partial charge on any atom is -0.487 e. The Hall–Kier alpha value is -3.14. The third-order valence-electron chi connectivity index (χ3n) is 5.08. The number of fused-ring (bicyclic) bond motifs is 1. The lowest BCUT2D eigenvalue weighted by Crippen LogP contribution is -2.25. The van der Waals surface area contributed by atoms with Crippen LogP contribution in [0.1, 0.15) is 15.9 Å². The van der Waals surface area contributed by atoms with E-state index in [4.69, 9.17) is 37.4 Å². The van der Waals surface area contributed by atoms with Crippen molar-refractivity contribution in [3.8, 4) is 17.2 Å². The lowest BCUT2D eigenvalue weighted by Gasteiger charge is -2.21. The highest BCUT2D eigenvalue weighted by Gasteiger charge is 2.20. The Morgan fingerprint density at radius 2 is 1.82 bits per heavy atom. The van der Waals surface area contributed by atoms with E-state index in [1.807, 2.05) is 0 Å². The van der Waals surface area contributed by atoms with Gasteiger partial charge in [0.15, 0.2) is 11.5 Å². The van der Waals surface area contributed by atoms with Crippen molar-refractivity contribution >= 4 is 50.5 Å². The molecule has 0 saturated heterocycles. The third kappa shape index (κ3) is 5.32. The average molecular weight is 523 g/mol. The quantitative estimate of drug-likeness (QED) is 0.471. The smallest absolute Gasteiger partial charge is 0.255 e. The fourth-order valence-corrected chi connectivity index (χ4v) is 4.07. The van der Waals surface area contributed by atoms with Crippen LogP contribution in [0.25, 0.3) is 0 Å². The molecular weight excluding hydrogens is 503 g/mol. The molecule has 0 bridgehead atoms. The Balaban J connectivity index is 1.61. The molecule has 1 heterocycles. The molecule has 1 aliphatic heterocycles. The number of carbonyl (C=O) groups is 1. The molecule has 34 heavy (non-hydrogen) atoms. The topological polar surface area (TPSA) is 94.2 Å². The summed E-state index contributed by atoms with van der Waals surface area (Å²) in [4.78, 5) is 12.8. The number of benzene rings is 3. The van der Waals surface area contributed by atoms with E-state index in [0.717, 1.165) is 10.6 Å². The van der Waals surface area contributed by atoms with E-state index in [-0.39, 0.29) is 25.1 Å². The van der Waals surface area contributed by atoms with Gasteiger partial charge >= 0.3 is 0 Å². The standard InChI is InChI=1S/C23H20Cl2N2O6S/c1-27(34(2,29)30)19-7-5-17(11-21(19)31-12-15-9-16(24)4-6-18(15)25)26-23(28)14-3-8-20-22(10-14)33-13-32-20/h3-11H,12-13H2,1-2H3,(H,26,28). The van der Waals surface area contributed by atoms with Crippen LogP contribution in [-0.4, -0.2) is 34.4 Å². The largest absolute Gasteiger partial charge is 0.487 e. The van der Waals surface area contributed by atoms with E-state index in [1.54, 1.807) is 54.6 Å². The summed E-state index contributed by atoms with van der Waals surface area (Å²) in [6.07, 6.45) is 1.08. The van der Waals surface area contributed by atoms with Crippen LogP contribution in [-0.2, 0) is 16.6 Å². The Kier molecular flexibility index (Phi) is 6.79. The first kappa shape index (κ1) is 24.0. The minimum atomic E-state index is -3.57. The van der Waals surface area contributed by atoms with Crippen molar-refractivity contribution in [2.24, 2.45) is 0 Å². The zero-order chi connectivity index (χ0) is 24.5. The molecule has 0 atom stereocenters. The van der Waals surface area contributed by atoms with Gasteiger partial charge in [-0.15, -0.1) is 0 Å². The molecule has 0 fully saturated rings. The summed E-state index contributed by atoms with van der Waals surface area (Å²) in [5.41, 5.74) is 1.69. The number of amides is 1. The second-order valence-corrected chi connectivity index (χ2v) is 10.3. The van der Waals surface area contributed by atoms with Gasteiger partial charge in [0.05, 0.1) is 11.9 Å². The van der Waals surface area contributed by atoms with Gasteiger partial charge in [0.2, 0.25) is 16.8 Å². The number of anilines is 2. The summed E-state index contributed by atoms with van der Waals surface area (Å²) in [5, 5.41) is 3.72. The van der Waals surface area contributed by atoms with Crippen molar-refractivity contribution in [1.29, 1.82) is 0 Å². The minimum absolute atomic E-state index is 0.0313. The Bertz CT molecular complexity index is 1360. The number of hydrogen-bond acceptors (Lipinski definition) is 6. The molecule has 178 valence electrons. The summed E-state index contributed by atoms with van der Waals surface area (Å²) in [6, 6.07) is 14.5. The molecule has 0 aromatic heterocycles. The lowest BCUT2D eigenvalue weighted by atomic mass is 10.1. The van der Waals surface area contributed by atoms with Gasteiger partial charge in [0.1, 0.15) is 12.4 Å². The normalized spacial score (nSPS) is 12.4. The molecular formula is C23H20Cl2N2O6S. The lowest BCUT2D eigenvalue weighted by molar-refractivity contribution is 0.102. The summed E-state index contributed by atoms with van der Waals surface area (Å²) >= 11 is 12.3. The zero-order valence-electron chi connectivity index (χ0n) is 18.2. The summed E-state index contributed by atoms with van der Waals surface area (Å²) in [5.74, 6) is 0.902. The van der Waals surface area contributed by atoms with Crippen molar-refractivity contribution in [3.05, 3.63) is 75.8 Å². The summed E-state index contributed by atoms with van der Waals surface area (Å²) < 4.78 is 41.9. The molecule has 0 saturated carbocycles. The number of hydrogen-bond donors (Lipinski definition) is 1. The first-order valence-electron chi connectivity index (χ1n) is 9.97. The van der Waals surface area contributed by atoms with Gasteiger partial charge in [0, 0.05) is 40.0 Å². The molecule has 3 aromatic rings. The highest BCUT2D eigenvalue weighted by atomic mass is 35.5. The number of ether oxygens (including phenoxy) is 3. The van der Waals surface area contributed by atoms with Crippen LogP contribution in [0.4, 0.5) is 11.4 Å². The molecule has 8 nitrogen and oxygen atoms in total. The van der Waals surface area contributed by atoms with Crippen molar-refractivity contribution in [2.45, 2.75) is 6.61 Å². The zero-order valence-corrected chi connectivity index (χ0v) is 20.5. The summed E-state index contributed by atoms with van der Waals surface area (Å²) in [7, 11) is -2.16. The maximum Gasteiger partial charge on any atom is 0.255 e. The molecule has 1 amide bonds. The van der Waals surface area contributed by atoms with Crippen molar-refractivity contribution in [1.82, 2.24) is 0 Å². The summed E-state index contributed by atoms with van der Waals surface area (Å²) in [6.45, 7) is 0.136. The maximum atomic E-state index is 12.8. The van der Waals surface area contributed by atoms with E-state index < -0.39 is 10.0 Å². The predicted molar refractivity (Wildman–Crippen MR) is 131 cm³/mol. The molecule has 11 heteroatoms. The van der Waals surface area contributed by atoms with E-state index in [2.05, 4.69) is 5.32 Å². The second kappa shape index (κ2) is 9.61. The van der Waals surface area contributed by atoms with Crippen LogP contribution < -0.4 is 23.8 Å². The molecule has 3 aromatic carbocycles. The average Bonchev–Trinajstić information content (AvgIpc) is 3.26. The SMILES string of the molecule is CN(c1ccc(NC(=O)c2ccc3c(c2)OCO3)cc1OCc1cc(Cl)ccc1Cl)S(C)(=O)=O. The van der Waals surface area contributed by atoms with Gasteiger partial charge < -0.3 is 19.5 Å². The number of nitrogens with zero attached hydrogens (tertiary/aromatic N) is 1. The van der Waals surface area contributed by atoms with E-state index in [1.165, 1.54) is 7.05 Å². The van der Waals surface area contributed by atoms with E-state index in [9.17, 15) is 13.2 Å². The van der Waals surface area contributed by atoms with Crippen molar-refractivity contribution in [3.63, 3.8) is 0 Å². The highest BCUT2D eigenvalue weighted by molar-refractivity contribution is 7.92. The van der Waals surface area contributed by atoms with Gasteiger partial charge in [0.25, 0.3) is 5.91 Å². The van der Waals surface area contributed by atoms with Gasteiger partial charge in [-0.3, -0.25) is 9.10 Å². The van der Waals surface area contributed by atoms with E-state index >= 15 is 0 Å². The fourth-order valence-electron chi connectivity index (χ4n) is 3.20. The van der Waals surface area contributed by atoms with Crippen LogP contribution in [0.15, 0.2) is 54.6 Å². The first-order chi connectivity index (χ1) is 16.1. The maximum absolute atomic E-state index is 12.8.